The highest BCUT2D eigenvalue weighted by Crippen LogP contribution is 2.15. The third-order valence-electron chi connectivity index (χ3n) is 3.90. The number of pyridine rings is 1. The summed E-state index contributed by atoms with van der Waals surface area (Å²) >= 11 is 0. The number of hydrogen-bond donors (Lipinski definition) is 0. The lowest BCUT2D eigenvalue weighted by Gasteiger charge is -2.07. The molecule has 0 spiro atoms. The normalized spacial score (nSPS) is 10.7. The average molecular weight is 365 g/mol. The maximum absolute atomic E-state index is 11.2. The van der Waals surface area contributed by atoms with Crippen LogP contribution in [0.15, 0.2) is 60.8 Å². The van der Waals surface area contributed by atoms with E-state index in [1.54, 1.807) is 13.1 Å². The Labute approximate surface area is 161 Å². The van der Waals surface area contributed by atoms with Gasteiger partial charge in [0.05, 0.1) is 18.9 Å². The summed E-state index contributed by atoms with van der Waals surface area (Å²) in [6.45, 7) is 6.36. The summed E-state index contributed by atoms with van der Waals surface area (Å²) in [5.74, 6) is 0.567. The second kappa shape index (κ2) is 11.7. The van der Waals surface area contributed by atoms with Gasteiger partial charge in [0.2, 0.25) is 0 Å². The zero-order valence-corrected chi connectivity index (χ0v) is 15.9. The first-order chi connectivity index (χ1) is 13.1. The molecule has 2 aromatic rings. The summed E-state index contributed by atoms with van der Waals surface area (Å²) < 4.78 is 10.8. The van der Waals surface area contributed by atoms with Gasteiger partial charge in [-0.2, -0.15) is 0 Å². The number of hydrogen-bond acceptors (Lipinski definition) is 4. The van der Waals surface area contributed by atoms with Crippen molar-refractivity contribution in [1.82, 2.24) is 4.98 Å². The minimum atomic E-state index is -0.309. The van der Waals surface area contributed by atoms with Crippen molar-refractivity contribution in [3.8, 4) is 5.75 Å². The van der Waals surface area contributed by atoms with Crippen LogP contribution in [-0.2, 0) is 9.53 Å². The quantitative estimate of drug-likeness (QED) is 0.307. The summed E-state index contributed by atoms with van der Waals surface area (Å²) in [6.07, 6.45) is 9.73. The van der Waals surface area contributed by atoms with Crippen LogP contribution in [0.3, 0.4) is 0 Å². The fraction of sp³-hybridized carbons (Fsp3) is 0.304. The molecular weight excluding hydrogens is 338 g/mol. The van der Waals surface area contributed by atoms with Gasteiger partial charge in [0.15, 0.2) is 0 Å². The first-order valence-corrected chi connectivity index (χ1v) is 9.30. The van der Waals surface area contributed by atoms with E-state index < -0.39 is 0 Å². The van der Waals surface area contributed by atoms with Gasteiger partial charge in [-0.25, -0.2) is 4.79 Å². The molecule has 0 atom stereocenters. The smallest absolute Gasteiger partial charge is 0.333 e. The SMILES string of the molecule is C=C(C)C(=O)OCCCCCCOc1ccc(/C=C/c2ccccn2)cc1. The van der Waals surface area contributed by atoms with Crippen molar-refractivity contribution in [3.63, 3.8) is 0 Å². The Morgan fingerprint density at radius 1 is 1.00 bits per heavy atom. The first kappa shape index (κ1) is 20.4. The van der Waals surface area contributed by atoms with E-state index in [9.17, 15) is 4.79 Å². The number of nitrogens with zero attached hydrogens (tertiary/aromatic N) is 1. The van der Waals surface area contributed by atoms with E-state index in [2.05, 4.69) is 11.6 Å². The van der Waals surface area contributed by atoms with Crippen molar-refractivity contribution < 1.29 is 14.3 Å². The number of benzene rings is 1. The lowest BCUT2D eigenvalue weighted by atomic mass is 10.2. The van der Waals surface area contributed by atoms with E-state index in [1.807, 2.05) is 54.6 Å². The zero-order chi connectivity index (χ0) is 19.3. The van der Waals surface area contributed by atoms with Gasteiger partial charge in [-0.05, 0) is 68.5 Å². The lowest BCUT2D eigenvalue weighted by Crippen LogP contribution is -2.06. The van der Waals surface area contributed by atoms with Crippen molar-refractivity contribution in [2.45, 2.75) is 32.6 Å². The predicted octanol–water partition coefficient (Wildman–Crippen LogP) is 5.31. The van der Waals surface area contributed by atoms with Crippen molar-refractivity contribution in [3.05, 3.63) is 72.1 Å². The first-order valence-electron chi connectivity index (χ1n) is 9.30. The molecule has 0 unspecified atom stereocenters. The van der Waals surface area contributed by atoms with Crippen LogP contribution in [0.5, 0.6) is 5.75 Å². The van der Waals surface area contributed by atoms with Crippen LogP contribution in [0.4, 0.5) is 0 Å². The van der Waals surface area contributed by atoms with Gasteiger partial charge < -0.3 is 9.47 Å². The van der Waals surface area contributed by atoms with E-state index in [1.165, 1.54) is 0 Å². The number of rotatable bonds is 11. The van der Waals surface area contributed by atoms with Crippen molar-refractivity contribution >= 4 is 18.1 Å². The summed E-state index contributed by atoms with van der Waals surface area (Å²) in [5, 5.41) is 0. The predicted molar refractivity (Wildman–Crippen MR) is 109 cm³/mol. The van der Waals surface area contributed by atoms with Crippen LogP contribution >= 0.6 is 0 Å². The van der Waals surface area contributed by atoms with Gasteiger partial charge in [0, 0.05) is 11.8 Å². The van der Waals surface area contributed by atoms with Crippen molar-refractivity contribution in [2.24, 2.45) is 0 Å². The largest absolute Gasteiger partial charge is 0.494 e. The van der Waals surface area contributed by atoms with Gasteiger partial charge in [0.25, 0.3) is 0 Å². The van der Waals surface area contributed by atoms with Crippen molar-refractivity contribution in [1.29, 1.82) is 0 Å². The van der Waals surface area contributed by atoms with Crippen LogP contribution in [0, 0.1) is 0 Å². The number of ether oxygens (including phenoxy) is 2. The molecule has 0 amide bonds. The lowest BCUT2D eigenvalue weighted by molar-refractivity contribution is -0.139. The molecule has 1 heterocycles. The van der Waals surface area contributed by atoms with Crippen molar-refractivity contribution in [2.75, 3.05) is 13.2 Å². The van der Waals surface area contributed by atoms with Gasteiger partial charge in [-0.3, -0.25) is 4.98 Å². The molecule has 142 valence electrons. The highest BCUT2D eigenvalue weighted by molar-refractivity contribution is 5.86. The molecule has 0 N–H and O–H groups in total. The molecule has 0 aliphatic carbocycles. The van der Waals surface area contributed by atoms with Crippen LogP contribution in [-0.4, -0.2) is 24.2 Å². The van der Waals surface area contributed by atoms with Gasteiger partial charge in [-0.1, -0.05) is 30.9 Å². The molecule has 4 nitrogen and oxygen atoms in total. The molecule has 27 heavy (non-hydrogen) atoms. The van der Waals surface area contributed by atoms with Gasteiger partial charge in [-0.15, -0.1) is 0 Å². The monoisotopic (exact) mass is 365 g/mol. The Morgan fingerprint density at radius 2 is 1.74 bits per heavy atom. The average Bonchev–Trinajstić information content (AvgIpc) is 2.69. The molecule has 0 saturated carbocycles. The second-order valence-corrected chi connectivity index (χ2v) is 6.34. The summed E-state index contributed by atoms with van der Waals surface area (Å²) in [4.78, 5) is 15.5. The second-order valence-electron chi connectivity index (χ2n) is 6.34. The van der Waals surface area contributed by atoms with E-state index in [4.69, 9.17) is 9.47 Å². The highest BCUT2D eigenvalue weighted by Gasteiger charge is 2.01. The van der Waals surface area contributed by atoms with Crippen LogP contribution in [0.1, 0.15) is 43.9 Å². The molecule has 0 fully saturated rings. The molecular formula is C23H27NO3. The third-order valence-corrected chi connectivity index (χ3v) is 3.90. The molecule has 2 rings (SSSR count). The number of carbonyl (C=O) groups is 1. The summed E-state index contributed by atoms with van der Waals surface area (Å²) in [5.41, 5.74) is 2.49. The maximum Gasteiger partial charge on any atom is 0.333 e. The molecule has 4 heteroatoms. The maximum atomic E-state index is 11.2. The molecule has 0 bridgehead atoms. The Balaban J connectivity index is 1.58. The molecule has 0 saturated heterocycles. The third kappa shape index (κ3) is 8.36. The fourth-order valence-electron chi connectivity index (χ4n) is 2.37. The minimum absolute atomic E-state index is 0.309. The van der Waals surface area contributed by atoms with E-state index in [-0.39, 0.29) is 5.97 Å². The van der Waals surface area contributed by atoms with Gasteiger partial charge >= 0.3 is 5.97 Å². The molecule has 0 aliphatic heterocycles. The number of aromatic nitrogens is 1. The fourth-order valence-corrected chi connectivity index (χ4v) is 2.37. The standard InChI is InChI=1S/C23H27NO3/c1-19(2)23(25)27-18-8-4-3-7-17-26-22-14-11-20(12-15-22)10-13-21-9-5-6-16-24-21/h5-6,9-16H,1,3-4,7-8,17-18H2,2H3/b13-10+. The molecule has 0 aliphatic rings. The highest BCUT2D eigenvalue weighted by atomic mass is 16.5. The Bertz CT molecular complexity index is 736. The summed E-state index contributed by atoms with van der Waals surface area (Å²) in [6, 6.07) is 13.9. The van der Waals surface area contributed by atoms with Crippen LogP contribution in [0.25, 0.3) is 12.2 Å². The Kier molecular flexibility index (Phi) is 8.84. The Hall–Kier alpha value is -2.88. The van der Waals surface area contributed by atoms with Crippen LogP contribution < -0.4 is 4.74 Å². The topological polar surface area (TPSA) is 48.4 Å². The number of unbranched alkanes of at least 4 members (excludes halogenated alkanes) is 3. The van der Waals surface area contributed by atoms with Crippen LogP contribution in [0.2, 0.25) is 0 Å². The molecule has 1 aromatic heterocycles. The van der Waals surface area contributed by atoms with E-state index in [0.717, 1.165) is 42.7 Å². The minimum Gasteiger partial charge on any atom is -0.494 e. The molecule has 0 radical (unpaired) electrons. The summed E-state index contributed by atoms with van der Waals surface area (Å²) in [7, 11) is 0. The number of carbonyl (C=O) groups excluding carboxylic acids is 1. The molecule has 1 aromatic carbocycles. The van der Waals surface area contributed by atoms with E-state index >= 15 is 0 Å². The van der Waals surface area contributed by atoms with E-state index in [0.29, 0.717) is 18.8 Å². The zero-order valence-electron chi connectivity index (χ0n) is 15.9. The number of esters is 1. The Morgan fingerprint density at radius 3 is 2.41 bits per heavy atom. The van der Waals surface area contributed by atoms with Gasteiger partial charge in [0.1, 0.15) is 5.75 Å².